The van der Waals surface area contributed by atoms with Crippen molar-refractivity contribution in [3.63, 3.8) is 0 Å². The molecule has 0 amide bonds. The fraction of sp³-hybridized carbons (Fsp3) is 0.750. The number of aryl methyl sites for hydroxylation is 1. The third-order valence-corrected chi connectivity index (χ3v) is 3.81. The molecule has 0 aliphatic carbocycles. The van der Waals surface area contributed by atoms with Gasteiger partial charge in [-0.15, -0.1) is 0 Å². The van der Waals surface area contributed by atoms with Crippen molar-refractivity contribution in [2.24, 2.45) is 24.6 Å². The summed E-state index contributed by atoms with van der Waals surface area (Å²) in [5.41, 5.74) is 7.26. The Kier molecular flexibility index (Phi) is 3.04. The maximum atomic E-state index is 6.30. The predicted octanol–water partition coefficient (Wildman–Crippen LogP) is 1.48. The zero-order chi connectivity index (χ0) is 11.9. The number of ether oxygens (including phenoxy) is 1. The number of aromatic nitrogens is 2. The molecule has 16 heavy (non-hydrogen) atoms. The largest absolute Gasteiger partial charge is 0.375 e. The van der Waals surface area contributed by atoms with Crippen molar-refractivity contribution < 1.29 is 4.74 Å². The second-order valence-corrected chi connectivity index (χ2v) is 4.92. The Morgan fingerprint density at radius 1 is 1.38 bits per heavy atom. The molecule has 0 bridgehead atoms. The minimum absolute atomic E-state index is 0.0313. The number of nitrogens with zero attached hydrogens (tertiary/aromatic N) is 2. The molecule has 2 rings (SSSR count). The van der Waals surface area contributed by atoms with E-state index in [-0.39, 0.29) is 18.2 Å². The van der Waals surface area contributed by atoms with Gasteiger partial charge in [0.05, 0.1) is 23.9 Å². The summed E-state index contributed by atoms with van der Waals surface area (Å²) in [6.07, 6.45) is 2.43. The maximum absolute atomic E-state index is 6.30. The molecule has 1 aromatic rings. The van der Waals surface area contributed by atoms with Gasteiger partial charge in [0.2, 0.25) is 0 Å². The summed E-state index contributed by atoms with van der Waals surface area (Å²) in [5.74, 6) is 0.830. The van der Waals surface area contributed by atoms with Crippen LogP contribution in [0.4, 0.5) is 0 Å². The first kappa shape index (κ1) is 11.6. The van der Waals surface area contributed by atoms with E-state index in [1.165, 1.54) is 0 Å². The van der Waals surface area contributed by atoms with Crippen molar-refractivity contribution in [3.05, 3.63) is 18.0 Å². The van der Waals surface area contributed by atoms with Gasteiger partial charge in [-0.2, -0.15) is 5.10 Å². The van der Waals surface area contributed by atoms with Crippen molar-refractivity contribution in [2.45, 2.75) is 39.0 Å². The fourth-order valence-electron chi connectivity index (χ4n) is 2.72. The fourth-order valence-corrected chi connectivity index (χ4v) is 2.72. The van der Waals surface area contributed by atoms with Crippen LogP contribution in [0.3, 0.4) is 0 Å². The van der Waals surface area contributed by atoms with Crippen molar-refractivity contribution in [2.75, 3.05) is 0 Å². The normalized spacial score (nSPS) is 36.6. The minimum Gasteiger partial charge on any atom is -0.375 e. The number of hydrogen-bond donors (Lipinski definition) is 1. The van der Waals surface area contributed by atoms with Crippen LogP contribution in [0.5, 0.6) is 0 Å². The molecule has 1 aromatic heterocycles. The van der Waals surface area contributed by atoms with Crippen LogP contribution in [0.25, 0.3) is 0 Å². The molecule has 5 atom stereocenters. The smallest absolute Gasteiger partial charge is 0.0795 e. The molecule has 0 spiro atoms. The SMILES string of the molecule is CC1OC(C)C(C(N)c2ccn(C)n2)C1C. The molecule has 90 valence electrons. The van der Waals surface area contributed by atoms with E-state index in [0.29, 0.717) is 11.8 Å². The number of nitrogens with two attached hydrogens (primary N) is 1. The Morgan fingerprint density at radius 3 is 2.50 bits per heavy atom. The first-order valence-corrected chi connectivity index (χ1v) is 5.91. The summed E-state index contributed by atoms with van der Waals surface area (Å²) in [5, 5.41) is 4.39. The molecule has 2 N–H and O–H groups in total. The monoisotopic (exact) mass is 223 g/mol. The molecule has 5 unspecified atom stereocenters. The molecule has 1 fully saturated rings. The van der Waals surface area contributed by atoms with Crippen LogP contribution in [-0.2, 0) is 11.8 Å². The second kappa shape index (κ2) is 4.18. The van der Waals surface area contributed by atoms with Crippen LogP contribution in [0.2, 0.25) is 0 Å². The van der Waals surface area contributed by atoms with Crippen LogP contribution in [0.15, 0.2) is 12.3 Å². The molecule has 1 aliphatic rings. The van der Waals surface area contributed by atoms with E-state index in [1.54, 1.807) is 4.68 Å². The third kappa shape index (κ3) is 1.87. The van der Waals surface area contributed by atoms with E-state index in [1.807, 2.05) is 19.3 Å². The average Bonchev–Trinajstić information content (AvgIpc) is 2.73. The van der Waals surface area contributed by atoms with Gasteiger partial charge in [-0.3, -0.25) is 4.68 Å². The van der Waals surface area contributed by atoms with Crippen molar-refractivity contribution in [3.8, 4) is 0 Å². The lowest BCUT2D eigenvalue weighted by Gasteiger charge is -2.24. The lowest BCUT2D eigenvalue weighted by Crippen LogP contribution is -2.31. The highest BCUT2D eigenvalue weighted by Crippen LogP contribution is 2.38. The molecule has 0 saturated carbocycles. The van der Waals surface area contributed by atoms with Gasteiger partial charge in [0.25, 0.3) is 0 Å². The minimum atomic E-state index is -0.0313. The van der Waals surface area contributed by atoms with Gasteiger partial charge in [0, 0.05) is 19.2 Å². The van der Waals surface area contributed by atoms with Crippen LogP contribution in [0.1, 0.15) is 32.5 Å². The standard InChI is InChI=1S/C12H21N3O/c1-7-8(2)16-9(3)11(7)12(13)10-5-6-15(4)14-10/h5-9,11-12H,13H2,1-4H3. The van der Waals surface area contributed by atoms with Crippen LogP contribution >= 0.6 is 0 Å². The summed E-state index contributed by atoms with van der Waals surface area (Å²) in [6, 6.07) is 1.96. The Labute approximate surface area is 96.8 Å². The van der Waals surface area contributed by atoms with Crippen molar-refractivity contribution >= 4 is 0 Å². The third-order valence-electron chi connectivity index (χ3n) is 3.81. The van der Waals surface area contributed by atoms with Gasteiger partial charge >= 0.3 is 0 Å². The van der Waals surface area contributed by atoms with Gasteiger partial charge in [0.1, 0.15) is 0 Å². The highest BCUT2D eigenvalue weighted by Gasteiger charge is 2.41. The zero-order valence-corrected chi connectivity index (χ0v) is 10.4. The summed E-state index contributed by atoms with van der Waals surface area (Å²) in [7, 11) is 1.91. The molecule has 4 nitrogen and oxygen atoms in total. The van der Waals surface area contributed by atoms with Gasteiger partial charge in [-0.05, 0) is 25.8 Å². The van der Waals surface area contributed by atoms with E-state index < -0.39 is 0 Å². The predicted molar refractivity (Wildman–Crippen MR) is 62.8 cm³/mol. The molecule has 0 radical (unpaired) electrons. The molecular formula is C12H21N3O. The molecule has 4 heteroatoms. The van der Waals surface area contributed by atoms with Gasteiger partial charge in [0.15, 0.2) is 0 Å². The molecule has 1 aliphatic heterocycles. The Bertz CT molecular complexity index is 363. The first-order valence-electron chi connectivity index (χ1n) is 5.91. The van der Waals surface area contributed by atoms with Crippen molar-refractivity contribution in [1.29, 1.82) is 0 Å². The Morgan fingerprint density at radius 2 is 2.06 bits per heavy atom. The van der Waals surface area contributed by atoms with Crippen molar-refractivity contribution in [1.82, 2.24) is 9.78 Å². The average molecular weight is 223 g/mol. The van der Waals surface area contributed by atoms with Crippen LogP contribution in [0, 0.1) is 11.8 Å². The number of hydrogen-bond acceptors (Lipinski definition) is 3. The Hall–Kier alpha value is -0.870. The lowest BCUT2D eigenvalue weighted by atomic mass is 9.82. The van der Waals surface area contributed by atoms with E-state index in [0.717, 1.165) is 5.69 Å². The molecular weight excluding hydrogens is 202 g/mol. The van der Waals surface area contributed by atoms with Gasteiger partial charge in [-0.25, -0.2) is 0 Å². The quantitative estimate of drug-likeness (QED) is 0.826. The summed E-state index contributed by atoms with van der Waals surface area (Å²) in [4.78, 5) is 0. The second-order valence-electron chi connectivity index (χ2n) is 4.92. The lowest BCUT2D eigenvalue weighted by molar-refractivity contribution is 0.0488. The van der Waals surface area contributed by atoms with E-state index in [2.05, 4.69) is 25.9 Å². The topological polar surface area (TPSA) is 53.1 Å². The highest BCUT2D eigenvalue weighted by molar-refractivity contribution is 5.09. The van der Waals surface area contributed by atoms with Gasteiger partial charge < -0.3 is 10.5 Å². The maximum Gasteiger partial charge on any atom is 0.0795 e. The highest BCUT2D eigenvalue weighted by atomic mass is 16.5. The van der Waals surface area contributed by atoms with Gasteiger partial charge in [-0.1, -0.05) is 6.92 Å². The van der Waals surface area contributed by atoms with E-state index in [9.17, 15) is 0 Å². The van der Waals surface area contributed by atoms with E-state index >= 15 is 0 Å². The first-order chi connectivity index (χ1) is 7.50. The molecule has 2 heterocycles. The Balaban J connectivity index is 2.18. The molecule has 1 saturated heterocycles. The summed E-state index contributed by atoms with van der Waals surface area (Å²) in [6.45, 7) is 6.43. The number of rotatable bonds is 2. The molecule has 0 aromatic carbocycles. The van der Waals surface area contributed by atoms with Crippen LogP contribution < -0.4 is 5.73 Å². The van der Waals surface area contributed by atoms with Crippen LogP contribution in [-0.4, -0.2) is 22.0 Å². The summed E-state index contributed by atoms with van der Waals surface area (Å²) >= 11 is 0. The zero-order valence-electron chi connectivity index (χ0n) is 10.4. The summed E-state index contributed by atoms with van der Waals surface area (Å²) < 4.78 is 7.62. The van der Waals surface area contributed by atoms with E-state index in [4.69, 9.17) is 10.5 Å².